The van der Waals surface area contributed by atoms with Gasteiger partial charge in [-0.15, -0.1) is 0 Å². The van der Waals surface area contributed by atoms with Crippen LogP contribution in [0.3, 0.4) is 0 Å². The van der Waals surface area contributed by atoms with Crippen LogP contribution in [0.2, 0.25) is 0 Å². The van der Waals surface area contributed by atoms with Crippen LogP contribution in [0, 0.1) is 17.2 Å². The van der Waals surface area contributed by atoms with Crippen LogP contribution < -0.4 is 4.74 Å². The van der Waals surface area contributed by atoms with Gasteiger partial charge in [-0.1, -0.05) is 26.0 Å². The molecule has 0 saturated heterocycles. The Morgan fingerprint density at radius 3 is 2.47 bits per heavy atom. The van der Waals surface area contributed by atoms with Crippen LogP contribution in [0.15, 0.2) is 24.3 Å². The molecule has 0 bridgehead atoms. The Morgan fingerprint density at radius 1 is 1.27 bits per heavy atom. The monoisotopic (exact) mass is 203 g/mol. The van der Waals surface area contributed by atoms with E-state index in [0.717, 1.165) is 18.8 Å². The minimum atomic E-state index is 0.545. The zero-order valence-electron chi connectivity index (χ0n) is 9.36. The topological polar surface area (TPSA) is 33.0 Å². The zero-order chi connectivity index (χ0) is 11.1. The fraction of sp³-hybridized carbons (Fsp3) is 0.462. The van der Waals surface area contributed by atoms with Crippen molar-refractivity contribution < 1.29 is 4.74 Å². The molecule has 0 amide bonds. The Kier molecular flexibility index (Phi) is 4.70. The minimum absolute atomic E-state index is 0.545. The molecule has 0 saturated carbocycles. The lowest BCUT2D eigenvalue weighted by Crippen LogP contribution is -2.04. The van der Waals surface area contributed by atoms with Crippen molar-refractivity contribution in [2.24, 2.45) is 5.92 Å². The maximum atomic E-state index is 8.45. The predicted octanol–water partition coefficient (Wildman–Crippen LogP) is 3.18. The van der Waals surface area contributed by atoms with E-state index in [-0.39, 0.29) is 0 Å². The number of aryl methyl sites for hydroxylation is 1. The number of hydrogen-bond acceptors (Lipinski definition) is 2. The van der Waals surface area contributed by atoms with Crippen molar-refractivity contribution in [3.8, 4) is 11.8 Å². The third-order valence-electron chi connectivity index (χ3n) is 2.03. The van der Waals surface area contributed by atoms with Gasteiger partial charge in [0.25, 0.3) is 0 Å². The number of benzene rings is 1. The fourth-order valence-electron chi connectivity index (χ4n) is 1.22. The first kappa shape index (κ1) is 11.6. The van der Waals surface area contributed by atoms with Crippen molar-refractivity contribution in [2.75, 3.05) is 6.61 Å². The number of nitriles is 1. The molecular weight excluding hydrogens is 186 g/mol. The maximum Gasteiger partial charge on any atom is 0.119 e. The van der Waals surface area contributed by atoms with Crippen LogP contribution in [0.5, 0.6) is 5.75 Å². The fourth-order valence-corrected chi connectivity index (χ4v) is 1.22. The summed E-state index contributed by atoms with van der Waals surface area (Å²) in [5.74, 6) is 1.45. The Labute approximate surface area is 91.5 Å². The van der Waals surface area contributed by atoms with Gasteiger partial charge in [0.15, 0.2) is 0 Å². The standard InChI is InChI=1S/C13H17NO/c1-11(2)10-15-13-7-5-12(6-8-13)4-3-9-14/h5-8,11H,3-4,10H2,1-2H3. The van der Waals surface area contributed by atoms with Gasteiger partial charge in [0.1, 0.15) is 5.75 Å². The van der Waals surface area contributed by atoms with Crippen LogP contribution in [0.25, 0.3) is 0 Å². The van der Waals surface area contributed by atoms with Gasteiger partial charge in [-0.25, -0.2) is 0 Å². The summed E-state index contributed by atoms with van der Waals surface area (Å²) < 4.78 is 5.56. The van der Waals surface area contributed by atoms with Gasteiger partial charge in [0, 0.05) is 6.42 Å². The molecule has 0 N–H and O–H groups in total. The van der Waals surface area contributed by atoms with E-state index in [1.807, 2.05) is 24.3 Å². The molecule has 0 atom stereocenters. The van der Waals surface area contributed by atoms with Crippen LogP contribution in [-0.2, 0) is 6.42 Å². The van der Waals surface area contributed by atoms with E-state index in [2.05, 4.69) is 19.9 Å². The van der Waals surface area contributed by atoms with Crippen molar-refractivity contribution in [3.05, 3.63) is 29.8 Å². The normalized spacial score (nSPS) is 10.0. The smallest absolute Gasteiger partial charge is 0.119 e. The molecule has 80 valence electrons. The highest BCUT2D eigenvalue weighted by molar-refractivity contribution is 5.27. The Bertz CT molecular complexity index is 321. The summed E-state index contributed by atoms with van der Waals surface area (Å²) in [6.07, 6.45) is 1.40. The summed E-state index contributed by atoms with van der Waals surface area (Å²) in [4.78, 5) is 0. The predicted molar refractivity (Wildman–Crippen MR) is 60.7 cm³/mol. The quantitative estimate of drug-likeness (QED) is 0.736. The molecule has 2 heteroatoms. The average molecular weight is 203 g/mol. The van der Waals surface area contributed by atoms with E-state index in [4.69, 9.17) is 10.00 Å². The molecule has 0 aliphatic carbocycles. The van der Waals surface area contributed by atoms with E-state index < -0.39 is 0 Å². The van der Waals surface area contributed by atoms with E-state index in [0.29, 0.717) is 12.3 Å². The molecule has 0 unspecified atom stereocenters. The lowest BCUT2D eigenvalue weighted by atomic mass is 10.1. The van der Waals surface area contributed by atoms with Crippen molar-refractivity contribution in [1.29, 1.82) is 5.26 Å². The molecule has 0 aromatic heterocycles. The summed E-state index contributed by atoms with van der Waals surface area (Å²) in [6, 6.07) is 10.1. The molecule has 1 rings (SSSR count). The van der Waals surface area contributed by atoms with Crippen LogP contribution in [-0.4, -0.2) is 6.61 Å². The summed E-state index contributed by atoms with van der Waals surface area (Å²) in [7, 11) is 0. The van der Waals surface area contributed by atoms with E-state index >= 15 is 0 Å². The second-order valence-electron chi connectivity index (χ2n) is 4.01. The summed E-state index contributed by atoms with van der Waals surface area (Å²) in [6.45, 7) is 5.00. The second kappa shape index (κ2) is 6.08. The third kappa shape index (κ3) is 4.51. The van der Waals surface area contributed by atoms with Crippen LogP contribution in [0.4, 0.5) is 0 Å². The summed E-state index contributed by atoms with van der Waals surface area (Å²) in [5, 5.41) is 8.45. The van der Waals surface area contributed by atoms with Gasteiger partial charge in [-0.05, 0) is 30.0 Å². The second-order valence-corrected chi connectivity index (χ2v) is 4.01. The lowest BCUT2D eigenvalue weighted by molar-refractivity contribution is 0.271. The Balaban J connectivity index is 2.46. The lowest BCUT2D eigenvalue weighted by Gasteiger charge is -2.08. The maximum absolute atomic E-state index is 8.45. The molecule has 0 radical (unpaired) electrons. The number of ether oxygens (including phenoxy) is 1. The van der Waals surface area contributed by atoms with Crippen molar-refractivity contribution >= 4 is 0 Å². The van der Waals surface area contributed by atoms with Crippen LogP contribution >= 0.6 is 0 Å². The van der Waals surface area contributed by atoms with Crippen LogP contribution in [0.1, 0.15) is 25.8 Å². The molecule has 15 heavy (non-hydrogen) atoms. The van der Waals surface area contributed by atoms with Gasteiger partial charge in [-0.3, -0.25) is 0 Å². The highest BCUT2D eigenvalue weighted by atomic mass is 16.5. The SMILES string of the molecule is CC(C)COc1ccc(CCC#N)cc1. The molecule has 1 aromatic rings. The molecular formula is C13H17NO. The van der Waals surface area contributed by atoms with E-state index in [1.165, 1.54) is 5.56 Å². The van der Waals surface area contributed by atoms with Gasteiger partial charge < -0.3 is 4.74 Å². The first-order valence-electron chi connectivity index (χ1n) is 5.31. The molecule has 2 nitrogen and oxygen atoms in total. The van der Waals surface area contributed by atoms with Gasteiger partial charge in [0.2, 0.25) is 0 Å². The largest absolute Gasteiger partial charge is 0.493 e. The molecule has 0 heterocycles. The molecule has 0 fully saturated rings. The van der Waals surface area contributed by atoms with Crippen molar-refractivity contribution in [1.82, 2.24) is 0 Å². The zero-order valence-corrected chi connectivity index (χ0v) is 9.36. The number of nitrogens with zero attached hydrogens (tertiary/aromatic N) is 1. The molecule has 0 aliphatic heterocycles. The molecule has 0 aliphatic rings. The number of rotatable bonds is 5. The van der Waals surface area contributed by atoms with Gasteiger partial charge in [-0.2, -0.15) is 5.26 Å². The highest BCUT2D eigenvalue weighted by Gasteiger charge is 1.97. The number of hydrogen-bond donors (Lipinski definition) is 0. The van der Waals surface area contributed by atoms with Crippen molar-refractivity contribution in [2.45, 2.75) is 26.7 Å². The first-order valence-corrected chi connectivity index (χ1v) is 5.31. The van der Waals surface area contributed by atoms with E-state index in [9.17, 15) is 0 Å². The Morgan fingerprint density at radius 2 is 1.93 bits per heavy atom. The summed E-state index contributed by atoms with van der Waals surface area (Å²) in [5.41, 5.74) is 1.19. The average Bonchev–Trinajstić information content (AvgIpc) is 2.25. The first-order chi connectivity index (χ1) is 7.22. The third-order valence-corrected chi connectivity index (χ3v) is 2.03. The Hall–Kier alpha value is -1.49. The molecule has 1 aromatic carbocycles. The van der Waals surface area contributed by atoms with Gasteiger partial charge in [0.05, 0.1) is 12.7 Å². The molecule has 0 spiro atoms. The van der Waals surface area contributed by atoms with Crippen molar-refractivity contribution in [3.63, 3.8) is 0 Å². The van der Waals surface area contributed by atoms with E-state index in [1.54, 1.807) is 0 Å². The minimum Gasteiger partial charge on any atom is -0.493 e. The highest BCUT2D eigenvalue weighted by Crippen LogP contribution is 2.14. The summed E-state index contributed by atoms with van der Waals surface area (Å²) >= 11 is 0. The van der Waals surface area contributed by atoms with Gasteiger partial charge >= 0.3 is 0 Å².